The van der Waals surface area contributed by atoms with Crippen molar-refractivity contribution >= 4 is 5.78 Å². The number of Topliss-reactive ketones (excluding diaryl/α,β-unsaturated/α-hetero) is 1. The van der Waals surface area contributed by atoms with Crippen molar-refractivity contribution in [1.82, 2.24) is 0 Å². The zero-order chi connectivity index (χ0) is 10.3. The predicted molar refractivity (Wildman–Crippen MR) is 58.3 cm³/mol. The number of fused-ring (bicyclic) bond motifs is 2. The van der Waals surface area contributed by atoms with Crippen LogP contribution in [0.1, 0.15) is 51.9 Å². The molecule has 4 saturated carbocycles. The molecular formula is C14H20O. The lowest BCUT2D eigenvalue weighted by molar-refractivity contribution is -0.137. The molecule has 0 heterocycles. The molecule has 5 atom stereocenters. The zero-order valence-corrected chi connectivity index (χ0v) is 9.59. The Labute approximate surface area is 91.6 Å². The summed E-state index contributed by atoms with van der Waals surface area (Å²) in [7, 11) is 0. The summed E-state index contributed by atoms with van der Waals surface area (Å²) in [6, 6.07) is 0. The van der Waals surface area contributed by atoms with Crippen molar-refractivity contribution in [3.05, 3.63) is 0 Å². The molecule has 1 nitrogen and oxygen atoms in total. The van der Waals surface area contributed by atoms with Gasteiger partial charge in [-0.15, -0.1) is 0 Å². The van der Waals surface area contributed by atoms with Crippen LogP contribution in [0.3, 0.4) is 0 Å². The third-order valence-electron chi connectivity index (χ3n) is 6.33. The summed E-state index contributed by atoms with van der Waals surface area (Å²) in [4.78, 5) is 11.5. The number of carbonyl (C=O) groups excluding carboxylic acids is 1. The largest absolute Gasteiger partial charge is 0.300 e. The molecule has 0 aromatic heterocycles. The van der Waals surface area contributed by atoms with E-state index in [0.29, 0.717) is 16.6 Å². The fourth-order valence-electron chi connectivity index (χ4n) is 6.37. The lowest BCUT2D eigenvalue weighted by atomic mass is 9.45. The van der Waals surface area contributed by atoms with Crippen LogP contribution < -0.4 is 0 Å². The van der Waals surface area contributed by atoms with Crippen molar-refractivity contribution in [2.75, 3.05) is 0 Å². The van der Waals surface area contributed by atoms with Crippen LogP contribution >= 0.6 is 0 Å². The van der Waals surface area contributed by atoms with Gasteiger partial charge in [-0.25, -0.2) is 0 Å². The molecule has 0 radical (unpaired) electrons. The van der Waals surface area contributed by atoms with Crippen molar-refractivity contribution in [1.29, 1.82) is 0 Å². The van der Waals surface area contributed by atoms with E-state index in [9.17, 15) is 4.79 Å². The minimum Gasteiger partial charge on any atom is -0.300 e. The number of hydrogen-bond donors (Lipinski definition) is 0. The summed E-state index contributed by atoms with van der Waals surface area (Å²) in [6.07, 6.45) is 9.70. The fraction of sp³-hybridized carbons (Fsp3) is 0.929. The van der Waals surface area contributed by atoms with Gasteiger partial charge in [0.25, 0.3) is 0 Å². The number of hydrogen-bond acceptors (Lipinski definition) is 1. The molecule has 4 rings (SSSR count). The first-order valence-electron chi connectivity index (χ1n) is 6.63. The number of ketones is 1. The zero-order valence-electron chi connectivity index (χ0n) is 9.59. The molecule has 5 unspecified atom stereocenters. The maximum absolute atomic E-state index is 11.5. The standard InChI is InChI=1S/C14H20O/c1-9(15)4-13-5-11-2-10-3-12(8-13)14(13,6-10)7-11/h10-12H,2-8H2,1H3. The summed E-state index contributed by atoms with van der Waals surface area (Å²) < 4.78 is 0. The molecule has 0 amide bonds. The van der Waals surface area contributed by atoms with Crippen LogP contribution in [0.2, 0.25) is 0 Å². The summed E-state index contributed by atoms with van der Waals surface area (Å²) in [5.41, 5.74) is 1.17. The molecule has 4 aliphatic rings. The van der Waals surface area contributed by atoms with E-state index in [4.69, 9.17) is 0 Å². The van der Waals surface area contributed by atoms with Gasteiger partial charge in [-0.1, -0.05) is 0 Å². The van der Waals surface area contributed by atoms with Gasteiger partial charge in [0.2, 0.25) is 0 Å². The maximum atomic E-state index is 11.5. The highest BCUT2D eigenvalue weighted by atomic mass is 16.1. The summed E-state index contributed by atoms with van der Waals surface area (Å²) in [5, 5.41) is 0. The highest BCUT2D eigenvalue weighted by Gasteiger charge is 2.73. The van der Waals surface area contributed by atoms with Crippen molar-refractivity contribution < 1.29 is 4.79 Å². The minimum absolute atomic E-state index is 0.443. The van der Waals surface area contributed by atoms with Gasteiger partial charge in [0.1, 0.15) is 5.78 Å². The van der Waals surface area contributed by atoms with Crippen LogP contribution in [0, 0.1) is 28.6 Å². The first-order chi connectivity index (χ1) is 7.14. The van der Waals surface area contributed by atoms with Gasteiger partial charge >= 0.3 is 0 Å². The van der Waals surface area contributed by atoms with Crippen LogP contribution in [0.15, 0.2) is 0 Å². The molecule has 0 saturated heterocycles. The number of rotatable bonds is 2. The molecule has 0 aliphatic heterocycles. The van der Waals surface area contributed by atoms with Gasteiger partial charge in [0.15, 0.2) is 0 Å². The van der Waals surface area contributed by atoms with Gasteiger partial charge in [-0.05, 0) is 74.0 Å². The van der Waals surface area contributed by atoms with E-state index >= 15 is 0 Å². The van der Waals surface area contributed by atoms with E-state index < -0.39 is 0 Å². The molecule has 0 aromatic carbocycles. The highest BCUT2D eigenvalue weighted by Crippen LogP contribution is 2.82. The van der Waals surface area contributed by atoms with Crippen LogP contribution in [0.4, 0.5) is 0 Å². The van der Waals surface area contributed by atoms with E-state index in [1.165, 1.54) is 38.5 Å². The highest BCUT2D eigenvalue weighted by molar-refractivity contribution is 5.76. The Balaban J connectivity index is 1.76. The van der Waals surface area contributed by atoms with Gasteiger partial charge in [0.05, 0.1) is 0 Å². The van der Waals surface area contributed by atoms with Crippen molar-refractivity contribution in [2.24, 2.45) is 28.6 Å². The molecule has 1 spiro atoms. The summed E-state index contributed by atoms with van der Waals surface area (Å²) in [5.74, 6) is 3.51. The lowest BCUT2D eigenvalue weighted by Crippen LogP contribution is -2.52. The third-order valence-corrected chi connectivity index (χ3v) is 6.33. The van der Waals surface area contributed by atoms with E-state index in [-0.39, 0.29) is 0 Å². The molecule has 4 fully saturated rings. The smallest absolute Gasteiger partial charge is 0.130 e. The monoisotopic (exact) mass is 204 g/mol. The normalized spacial score (nSPS) is 59.1. The van der Waals surface area contributed by atoms with Crippen LogP contribution in [0.5, 0.6) is 0 Å². The van der Waals surface area contributed by atoms with Crippen molar-refractivity contribution in [2.45, 2.75) is 51.9 Å². The Kier molecular flexibility index (Phi) is 1.37. The molecule has 4 aliphatic carbocycles. The molecule has 15 heavy (non-hydrogen) atoms. The Morgan fingerprint density at radius 3 is 2.73 bits per heavy atom. The summed E-state index contributed by atoms with van der Waals surface area (Å²) in [6.45, 7) is 1.80. The average molecular weight is 204 g/mol. The Bertz CT molecular complexity index is 341. The Morgan fingerprint density at radius 1 is 1.13 bits per heavy atom. The van der Waals surface area contributed by atoms with Gasteiger partial charge in [-0.2, -0.15) is 0 Å². The second-order valence-corrected chi connectivity index (χ2v) is 7.03. The maximum Gasteiger partial charge on any atom is 0.130 e. The predicted octanol–water partition coefficient (Wildman–Crippen LogP) is 3.18. The number of carbonyl (C=O) groups is 1. The Morgan fingerprint density at radius 2 is 1.93 bits per heavy atom. The molecule has 3 bridgehead atoms. The van der Waals surface area contributed by atoms with Crippen molar-refractivity contribution in [3.63, 3.8) is 0 Å². The SMILES string of the molecule is CC(=O)CC12CC3CC4CC(C1)C2(C4)C3. The lowest BCUT2D eigenvalue weighted by Gasteiger charge is -2.59. The first kappa shape index (κ1) is 8.78. The van der Waals surface area contributed by atoms with E-state index in [2.05, 4.69) is 0 Å². The quantitative estimate of drug-likeness (QED) is 0.675. The third kappa shape index (κ3) is 0.819. The average Bonchev–Trinajstić information content (AvgIpc) is 2.42. The molecular weight excluding hydrogens is 184 g/mol. The fourth-order valence-corrected chi connectivity index (χ4v) is 6.37. The minimum atomic E-state index is 0.443. The second-order valence-electron chi connectivity index (χ2n) is 7.03. The Hall–Kier alpha value is -0.330. The van der Waals surface area contributed by atoms with Crippen molar-refractivity contribution in [3.8, 4) is 0 Å². The summed E-state index contributed by atoms with van der Waals surface area (Å²) >= 11 is 0. The van der Waals surface area contributed by atoms with Crippen LogP contribution in [-0.4, -0.2) is 5.78 Å². The molecule has 1 heteroatoms. The van der Waals surface area contributed by atoms with Gasteiger partial charge in [0, 0.05) is 6.42 Å². The second kappa shape index (κ2) is 2.33. The van der Waals surface area contributed by atoms with Gasteiger partial charge in [-0.3, -0.25) is 0 Å². The van der Waals surface area contributed by atoms with Gasteiger partial charge < -0.3 is 4.79 Å². The molecule has 0 N–H and O–H groups in total. The topological polar surface area (TPSA) is 17.1 Å². The van der Waals surface area contributed by atoms with Crippen LogP contribution in [0.25, 0.3) is 0 Å². The first-order valence-corrected chi connectivity index (χ1v) is 6.63. The van der Waals surface area contributed by atoms with Crippen LogP contribution in [-0.2, 0) is 4.79 Å². The molecule has 82 valence electrons. The molecule has 0 aromatic rings. The van der Waals surface area contributed by atoms with E-state index in [1.807, 2.05) is 0 Å². The van der Waals surface area contributed by atoms with E-state index in [0.717, 1.165) is 24.2 Å². The van der Waals surface area contributed by atoms with E-state index in [1.54, 1.807) is 6.92 Å².